The lowest BCUT2D eigenvalue weighted by Gasteiger charge is -2.21. The van der Waals surface area contributed by atoms with E-state index >= 15 is 0 Å². The van der Waals surface area contributed by atoms with Crippen molar-refractivity contribution in [3.8, 4) is 0 Å². The lowest BCUT2D eigenvalue weighted by atomic mass is 10.0. The van der Waals surface area contributed by atoms with Crippen molar-refractivity contribution in [2.45, 2.75) is 6.04 Å². The highest BCUT2D eigenvalue weighted by Crippen LogP contribution is 2.27. The van der Waals surface area contributed by atoms with Crippen LogP contribution in [0.4, 0.5) is 20.3 Å². The van der Waals surface area contributed by atoms with E-state index < -0.39 is 29.0 Å². The molecule has 0 saturated heterocycles. The summed E-state index contributed by atoms with van der Waals surface area (Å²) in [5, 5.41) is 9.68. The van der Waals surface area contributed by atoms with Gasteiger partial charge in [0.25, 0.3) is 11.8 Å². The number of hydrogen-bond donors (Lipinski definition) is 4. The van der Waals surface area contributed by atoms with Gasteiger partial charge in [0.2, 0.25) is 0 Å². The summed E-state index contributed by atoms with van der Waals surface area (Å²) in [5.74, 6) is -3.17. The highest BCUT2D eigenvalue weighted by molar-refractivity contribution is 6.07. The number of carbonyl (C=O) groups excluding carboxylic acids is 2. The number of fused-ring (bicyclic) bond motifs is 1. The van der Waals surface area contributed by atoms with Crippen LogP contribution in [0.1, 0.15) is 32.3 Å². The summed E-state index contributed by atoms with van der Waals surface area (Å²) >= 11 is 0. The average Bonchev–Trinajstić information content (AvgIpc) is 2.85. The molecular weight excluding hydrogens is 454 g/mol. The van der Waals surface area contributed by atoms with Crippen molar-refractivity contribution in [1.82, 2.24) is 15.3 Å². The van der Waals surface area contributed by atoms with Crippen LogP contribution in [0.3, 0.4) is 0 Å². The second-order valence-electron chi connectivity index (χ2n) is 7.72. The molecular formula is C25H22F2N6O2. The number of halogens is 2. The Bertz CT molecular complexity index is 1410. The molecule has 1 unspecified atom stereocenters. The van der Waals surface area contributed by atoms with Crippen LogP contribution in [-0.4, -0.2) is 35.4 Å². The molecule has 0 fully saturated rings. The number of rotatable bonds is 8. The van der Waals surface area contributed by atoms with Gasteiger partial charge in [-0.1, -0.05) is 24.3 Å². The van der Waals surface area contributed by atoms with Crippen LogP contribution in [0.5, 0.6) is 0 Å². The largest absolute Gasteiger partial charge is 0.366 e. The van der Waals surface area contributed by atoms with Crippen LogP contribution in [0.25, 0.3) is 10.9 Å². The van der Waals surface area contributed by atoms with Crippen LogP contribution < -0.4 is 21.7 Å². The van der Waals surface area contributed by atoms with E-state index in [1.54, 1.807) is 43.4 Å². The molecule has 1 atom stereocenters. The predicted octanol–water partition coefficient (Wildman–Crippen LogP) is 3.63. The maximum atomic E-state index is 14.0. The van der Waals surface area contributed by atoms with Gasteiger partial charge in [0.1, 0.15) is 12.1 Å². The van der Waals surface area contributed by atoms with E-state index in [1.165, 1.54) is 18.5 Å². The molecule has 0 aliphatic heterocycles. The van der Waals surface area contributed by atoms with Crippen molar-refractivity contribution in [2.75, 3.05) is 24.2 Å². The molecule has 0 aliphatic rings. The Morgan fingerprint density at radius 3 is 2.51 bits per heavy atom. The second-order valence-corrected chi connectivity index (χ2v) is 7.72. The van der Waals surface area contributed by atoms with Gasteiger partial charge < -0.3 is 21.7 Å². The zero-order chi connectivity index (χ0) is 24.9. The van der Waals surface area contributed by atoms with Crippen molar-refractivity contribution in [1.29, 1.82) is 0 Å². The van der Waals surface area contributed by atoms with Gasteiger partial charge in [-0.3, -0.25) is 9.59 Å². The first kappa shape index (κ1) is 23.7. The van der Waals surface area contributed by atoms with E-state index in [9.17, 15) is 18.4 Å². The molecule has 0 radical (unpaired) electrons. The van der Waals surface area contributed by atoms with Crippen LogP contribution in [0.15, 0.2) is 67.0 Å². The molecule has 35 heavy (non-hydrogen) atoms. The van der Waals surface area contributed by atoms with Crippen LogP contribution in [0, 0.1) is 11.6 Å². The highest BCUT2D eigenvalue weighted by atomic mass is 19.2. The predicted molar refractivity (Wildman–Crippen MR) is 129 cm³/mol. The van der Waals surface area contributed by atoms with E-state index in [2.05, 4.69) is 25.9 Å². The molecule has 0 spiro atoms. The summed E-state index contributed by atoms with van der Waals surface area (Å²) in [4.78, 5) is 32.9. The molecule has 4 rings (SSSR count). The molecule has 10 heteroatoms. The molecule has 5 N–H and O–H groups in total. The smallest absolute Gasteiger partial charge is 0.258 e. The second kappa shape index (κ2) is 10.2. The third-order valence-corrected chi connectivity index (χ3v) is 5.39. The van der Waals surface area contributed by atoms with Crippen LogP contribution in [0.2, 0.25) is 0 Å². The van der Waals surface area contributed by atoms with E-state index in [4.69, 9.17) is 5.73 Å². The van der Waals surface area contributed by atoms with Crippen molar-refractivity contribution < 1.29 is 18.4 Å². The summed E-state index contributed by atoms with van der Waals surface area (Å²) < 4.78 is 27.5. The lowest BCUT2D eigenvalue weighted by molar-refractivity contribution is 0.0998. The van der Waals surface area contributed by atoms with Crippen LogP contribution >= 0.6 is 0 Å². The van der Waals surface area contributed by atoms with E-state index in [1.807, 2.05) is 6.07 Å². The Balaban J connectivity index is 1.63. The number of nitrogens with zero attached hydrogens (tertiary/aromatic N) is 2. The highest BCUT2D eigenvalue weighted by Gasteiger charge is 2.18. The molecule has 0 bridgehead atoms. The quantitative estimate of drug-likeness (QED) is 0.308. The number of likely N-dealkylation sites (N-methyl/N-ethyl adjacent to an activating group) is 1. The van der Waals surface area contributed by atoms with Gasteiger partial charge in [-0.15, -0.1) is 0 Å². The van der Waals surface area contributed by atoms with Gasteiger partial charge in [0.15, 0.2) is 11.6 Å². The summed E-state index contributed by atoms with van der Waals surface area (Å²) in [7, 11) is 1.79. The molecule has 178 valence electrons. The number of hydrogen-bond acceptors (Lipinski definition) is 6. The maximum Gasteiger partial charge on any atom is 0.258 e. The number of benzene rings is 3. The summed E-state index contributed by atoms with van der Waals surface area (Å²) in [6.45, 7) is 0.483. The third kappa shape index (κ3) is 5.07. The van der Waals surface area contributed by atoms with Crippen molar-refractivity contribution in [3.63, 3.8) is 0 Å². The Morgan fingerprint density at radius 1 is 1.00 bits per heavy atom. The zero-order valence-corrected chi connectivity index (χ0v) is 18.7. The molecule has 1 aromatic heterocycles. The molecule has 8 nitrogen and oxygen atoms in total. The SMILES string of the molecule is CNCC(Nc1ncnc2c(C(N)=O)cccc12)c1cccc(NC(=O)c2cccc(F)c2F)c1. The van der Waals surface area contributed by atoms with Crippen molar-refractivity contribution in [2.24, 2.45) is 5.73 Å². The number of carbonyl (C=O) groups is 2. The van der Waals surface area contributed by atoms with E-state index in [0.717, 1.165) is 11.6 Å². The van der Waals surface area contributed by atoms with Gasteiger partial charge in [-0.2, -0.15) is 0 Å². The number of aromatic nitrogens is 2. The fraction of sp³-hybridized carbons (Fsp3) is 0.120. The minimum absolute atomic E-state index is 0.285. The number of nitrogens with one attached hydrogen (secondary N) is 3. The Hall–Kier alpha value is -4.44. The first-order valence-corrected chi connectivity index (χ1v) is 10.7. The van der Waals surface area contributed by atoms with Gasteiger partial charge >= 0.3 is 0 Å². The first-order chi connectivity index (χ1) is 16.9. The van der Waals surface area contributed by atoms with Gasteiger partial charge in [0, 0.05) is 17.6 Å². The molecule has 4 aromatic rings. The minimum atomic E-state index is -1.21. The Morgan fingerprint density at radius 2 is 1.74 bits per heavy atom. The molecule has 1 heterocycles. The normalized spacial score (nSPS) is 11.7. The lowest BCUT2D eigenvalue weighted by Crippen LogP contribution is -2.24. The average molecular weight is 476 g/mol. The standard InChI is InChI=1S/C25H22F2N6O2/c1-29-12-20(33-24-18-9-3-8-17(23(28)34)22(18)30-13-31-24)14-5-2-6-15(11-14)32-25(35)16-7-4-10-19(26)21(16)27/h2-11,13,20,29H,12H2,1H3,(H2,28,34)(H,32,35)(H,30,31,33). The third-order valence-electron chi connectivity index (χ3n) is 5.39. The minimum Gasteiger partial charge on any atom is -0.366 e. The van der Waals surface area contributed by atoms with Gasteiger partial charge in [-0.25, -0.2) is 18.7 Å². The molecule has 0 aliphatic carbocycles. The zero-order valence-electron chi connectivity index (χ0n) is 18.7. The summed E-state index contributed by atoms with van der Waals surface area (Å²) in [5.41, 5.74) is 6.99. The fourth-order valence-electron chi connectivity index (χ4n) is 3.73. The number of primary amides is 1. The Labute approximate surface area is 199 Å². The van der Waals surface area contributed by atoms with Crippen molar-refractivity contribution >= 4 is 34.2 Å². The van der Waals surface area contributed by atoms with Gasteiger partial charge in [-0.05, 0) is 49.0 Å². The van der Waals surface area contributed by atoms with Gasteiger partial charge in [0.05, 0.1) is 22.7 Å². The topological polar surface area (TPSA) is 122 Å². The molecule has 3 aromatic carbocycles. The number of amides is 2. The fourth-order valence-corrected chi connectivity index (χ4v) is 3.73. The summed E-state index contributed by atoms with van der Waals surface area (Å²) in [6, 6.07) is 15.2. The molecule has 0 saturated carbocycles. The number of nitrogens with two attached hydrogens (primary N) is 1. The van der Waals surface area contributed by atoms with E-state index in [-0.39, 0.29) is 11.6 Å². The van der Waals surface area contributed by atoms with Crippen molar-refractivity contribution in [3.05, 3.63) is 95.3 Å². The summed E-state index contributed by atoms with van der Waals surface area (Å²) in [6.07, 6.45) is 1.34. The number of anilines is 2. The Kier molecular flexibility index (Phi) is 6.93. The van der Waals surface area contributed by atoms with Crippen LogP contribution in [-0.2, 0) is 0 Å². The molecule has 2 amide bonds. The first-order valence-electron chi connectivity index (χ1n) is 10.7. The monoisotopic (exact) mass is 476 g/mol. The number of para-hydroxylation sites is 1. The van der Waals surface area contributed by atoms with E-state index in [0.29, 0.717) is 29.0 Å². The maximum absolute atomic E-state index is 14.0.